The van der Waals surface area contributed by atoms with Crippen molar-refractivity contribution in [1.29, 1.82) is 0 Å². The Bertz CT molecular complexity index is 271. The van der Waals surface area contributed by atoms with E-state index in [1.54, 1.807) is 0 Å². The van der Waals surface area contributed by atoms with E-state index in [1.165, 1.54) is 20.0 Å². The van der Waals surface area contributed by atoms with Gasteiger partial charge in [0.05, 0.1) is 13.0 Å². The van der Waals surface area contributed by atoms with Crippen LogP contribution in [0.5, 0.6) is 0 Å². The highest BCUT2D eigenvalue weighted by Crippen LogP contribution is 2.58. The van der Waals surface area contributed by atoms with E-state index in [9.17, 15) is 4.79 Å². The van der Waals surface area contributed by atoms with E-state index in [2.05, 4.69) is 19.2 Å². The summed E-state index contributed by atoms with van der Waals surface area (Å²) in [6.45, 7) is 6.35. The molecule has 1 aliphatic carbocycles. The van der Waals surface area contributed by atoms with Crippen molar-refractivity contribution < 1.29 is 9.53 Å². The number of carbonyl (C=O) groups excluding carboxylic acids is 1. The number of rotatable bonds is 1. The van der Waals surface area contributed by atoms with Gasteiger partial charge in [-0.2, -0.15) is 0 Å². The van der Waals surface area contributed by atoms with Crippen LogP contribution < -0.4 is 5.32 Å². The number of ether oxygens (including phenoxy) is 1. The molecule has 0 bridgehead atoms. The fraction of sp³-hybridized carbons (Fsp3) is 0.917. The third-order valence-electron chi connectivity index (χ3n) is 4.71. The van der Waals surface area contributed by atoms with Gasteiger partial charge in [0, 0.05) is 18.5 Å². The van der Waals surface area contributed by atoms with Gasteiger partial charge in [0.25, 0.3) is 0 Å². The van der Waals surface area contributed by atoms with Crippen LogP contribution in [0.15, 0.2) is 0 Å². The molecule has 3 nitrogen and oxygen atoms in total. The van der Waals surface area contributed by atoms with E-state index in [-0.39, 0.29) is 22.7 Å². The molecule has 0 aromatic carbocycles. The number of carbonyl (C=O) groups is 1. The molecule has 15 heavy (non-hydrogen) atoms. The smallest absolute Gasteiger partial charge is 0.310 e. The molecule has 2 fully saturated rings. The van der Waals surface area contributed by atoms with Gasteiger partial charge in [-0.3, -0.25) is 4.79 Å². The summed E-state index contributed by atoms with van der Waals surface area (Å²) in [5.74, 6) is 0.0231. The summed E-state index contributed by atoms with van der Waals surface area (Å²) in [4.78, 5) is 11.8. The van der Waals surface area contributed by atoms with Crippen molar-refractivity contribution in [2.24, 2.45) is 16.7 Å². The van der Waals surface area contributed by atoms with Crippen LogP contribution in [0.2, 0.25) is 0 Å². The molecule has 1 saturated heterocycles. The Morgan fingerprint density at radius 1 is 1.40 bits per heavy atom. The van der Waals surface area contributed by atoms with Crippen LogP contribution in [0.3, 0.4) is 0 Å². The number of esters is 1. The van der Waals surface area contributed by atoms with Gasteiger partial charge in [0.15, 0.2) is 0 Å². The highest BCUT2D eigenvalue weighted by atomic mass is 16.5. The van der Waals surface area contributed by atoms with Crippen LogP contribution in [0.4, 0.5) is 0 Å². The summed E-state index contributed by atoms with van der Waals surface area (Å²) in [7, 11) is 1.50. The van der Waals surface area contributed by atoms with Gasteiger partial charge in [-0.25, -0.2) is 0 Å². The van der Waals surface area contributed by atoms with E-state index in [4.69, 9.17) is 4.74 Å². The Hall–Kier alpha value is -0.570. The standard InChI is InChI=1S/C12H21NO2/c1-11(2)5-4-6-12(11)8-13-7-9(12)10(14)15-3/h9,13H,4-8H2,1-3H3. The predicted molar refractivity (Wildman–Crippen MR) is 58.4 cm³/mol. The summed E-state index contributed by atoms with van der Waals surface area (Å²) in [6, 6.07) is 0. The van der Waals surface area contributed by atoms with Crippen LogP contribution in [-0.4, -0.2) is 26.2 Å². The van der Waals surface area contributed by atoms with Gasteiger partial charge < -0.3 is 10.1 Å². The molecule has 2 unspecified atom stereocenters. The molecular formula is C12H21NO2. The highest BCUT2D eigenvalue weighted by molar-refractivity contribution is 5.74. The van der Waals surface area contributed by atoms with Crippen molar-refractivity contribution in [3.63, 3.8) is 0 Å². The first-order chi connectivity index (χ1) is 7.03. The van der Waals surface area contributed by atoms with Gasteiger partial charge >= 0.3 is 5.97 Å². The summed E-state index contributed by atoms with van der Waals surface area (Å²) in [5, 5.41) is 3.38. The normalized spacial score (nSPS) is 38.5. The van der Waals surface area contributed by atoms with E-state index >= 15 is 0 Å². The molecular weight excluding hydrogens is 190 g/mol. The predicted octanol–water partition coefficient (Wildman–Crippen LogP) is 1.58. The molecule has 1 N–H and O–H groups in total. The first-order valence-electron chi connectivity index (χ1n) is 5.82. The Morgan fingerprint density at radius 3 is 2.67 bits per heavy atom. The number of hydrogen-bond donors (Lipinski definition) is 1. The van der Waals surface area contributed by atoms with Gasteiger partial charge in [-0.1, -0.05) is 20.3 Å². The molecule has 2 aliphatic rings. The average molecular weight is 211 g/mol. The molecule has 0 aromatic heterocycles. The third kappa shape index (κ3) is 1.40. The second-order valence-electron chi connectivity index (χ2n) is 5.60. The van der Waals surface area contributed by atoms with Crippen LogP contribution in [0, 0.1) is 16.7 Å². The molecule has 0 amide bonds. The minimum atomic E-state index is -0.0324. The van der Waals surface area contributed by atoms with Gasteiger partial charge in [-0.15, -0.1) is 0 Å². The lowest BCUT2D eigenvalue weighted by molar-refractivity contribution is -0.150. The molecule has 1 aliphatic heterocycles. The van der Waals surface area contributed by atoms with Gasteiger partial charge in [0.2, 0.25) is 0 Å². The van der Waals surface area contributed by atoms with E-state index in [1.807, 2.05) is 0 Å². The molecule has 1 spiro atoms. The summed E-state index contributed by atoms with van der Waals surface area (Å²) >= 11 is 0. The third-order valence-corrected chi connectivity index (χ3v) is 4.71. The molecule has 3 heteroatoms. The van der Waals surface area contributed by atoms with E-state index in [0.717, 1.165) is 19.5 Å². The first-order valence-corrected chi connectivity index (χ1v) is 5.82. The monoisotopic (exact) mass is 211 g/mol. The number of methoxy groups -OCH3 is 1. The van der Waals surface area contributed by atoms with Gasteiger partial charge in [-0.05, 0) is 18.3 Å². The van der Waals surface area contributed by atoms with E-state index < -0.39 is 0 Å². The van der Waals surface area contributed by atoms with Crippen molar-refractivity contribution >= 4 is 5.97 Å². The zero-order valence-corrected chi connectivity index (χ0v) is 9.93. The number of hydrogen-bond acceptors (Lipinski definition) is 3. The fourth-order valence-electron chi connectivity index (χ4n) is 3.62. The highest BCUT2D eigenvalue weighted by Gasteiger charge is 2.58. The van der Waals surface area contributed by atoms with Crippen molar-refractivity contribution in [2.75, 3.05) is 20.2 Å². The molecule has 2 rings (SSSR count). The zero-order chi connectivity index (χ0) is 11.1. The molecule has 1 saturated carbocycles. The molecule has 2 atom stereocenters. The lowest BCUT2D eigenvalue weighted by Gasteiger charge is -2.41. The van der Waals surface area contributed by atoms with Gasteiger partial charge in [0.1, 0.15) is 0 Å². The Balaban J connectivity index is 2.30. The maximum atomic E-state index is 11.8. The minimum absolute atomic E-state index is 0.0324. The maximum absolute atomic E-state index is 11.8. The lowest BCUT2D eigenvalue weighted by atomic mass is 9.62. The van der Waals surface area contributed by atoms with Crippen LogP contribution in [0.25, 0.3) is 0 Å². The first kappa shape index (κ1) is 10.9. The van der Waals surface area contributed by atoms with Crippen molar-refractivity contribution in [3.8, 4) is 0 Å². The van der Waals surface area contributed by atoms with Crippen molar-refractivity contribution in [2.45, 2.75) is 33.1 Å². The van der Waals surface area contributed by atoms with Crippen LogP contribution >= 0.6 is 0 Å². The second kappa shape index (κ2) is 3.48. The summed E-state index contributed by atoms with van der Waals surface area (Å²) in [6.07, 6.45) is 3.62. The molecule has 0 radical (unpaired) electrons. The molecule has 0 aromatic rings. The molecule has 86 valence electrons. The Morgan fingerprint density at radius 2 is 2.13 bits per heavy atom. The maximum Gasteiger partial charge on any atom is 0.310 e. The minimum Gasteiger partial charge on any atom is -0.469 e. The van der Waals surface area contributed by atoms with Crippen LogP contribution in [0.1, 0.15) is 33.1 Å². The Kier molecular flexibility index (Phi) is 2.53. The zero-order valence-electron chi connectivity index (χ0n) is 9.93. The fourth-order valence-corrected chi connectivity index (χ4v) is 3.62. The molecule has 1 heterocycles. The van der Waals surface area contributed by atoms with Crippen molar-refractivity contribution in [3.05, 3.63) is 0 Å². The number of nitrogens with one attached hydrogen (secondary N) is 1. The lowest BCUT2D eigenvalue weighted by Crippen LogP contribution is -2.43. The van der Waals surface area contributed by atoms with E-state index in [0.29, 0.717) is 0 Å². The average Bonchev–Trinajstić information content (AvgIpc) is 2.73. The SMILES string of the molecule is COC(=O)C1CNCC12CCCC2(C)C. The largest absolute Gasteiger partial charge is 0.469 e. The van der Waals surface area contributed by atoms with Crippen LogP contribution in [-0.2, 0) is 9.53 Å². The second-order valence-corrected chi connectivity index (χ2v) is 5.60. The van der Waals surface area contributed by atoms with Crippen molar-refractivity contribution in [1.82, 2.24) is 5.32 Å². The quantitative estimate of drug-likeness (QED) is 0.669. The topological polar surface area (TPSA) is 38.3 Å². The Labute approximate surface area is 91.6 Å². The summed E-state index contributed by atoms with van der Waals surface area (Å²) in [5.41, 5.74) is 0.398. The summed E-state index contributed by atoms with van der Waals surface area (Å²) < 4.78 is 4.94.